The van der Waals surface area contributed by atoms with Gasteiger partial charge in [-0.2, -0.15) is 0 Å². The third kappa shape index (κ3) is 2.61. The lowest BCUT2D eigenvalue weighted by atomic mass is 10.0. The number of para-hydroxylation sites is 1. The number of rotatable bonds is 1. The molecule has 0 saturated heterocycles. The molecule has 1 aromatic carbocycles. The number of hydrogen-bond donors (Lipinski definition) is 1. The smallest absolute Gasteiger partial charge is 0.133 e. The van der Waals surface area contributed by atoms with Crippen LogP contribution in [0.4, 0.5) is 11.5 Å². The molecule has 0 amide bonds. The van der Waals surface area contributed by atoms with Gasteiger partial charge in [-0.05, 0) is 61.9 Å². The first-order valence-corrected chi connectivity index (χ1v) is 8.47. The zero-order valence-corrected chi connectivity index (χ0v) is 13.0. The Morgan fingerprint density at radius 3 is 2.86 bits per heavy atom. The van der Waals surface area contributed by atoms with Gasteiger partial charge in [0.2, 0.25) is 0 Å². The second kappa shape index (κ2) is 6.09. The standard InChI is InChI=1S/C19H23N3/c1-2-9-18-15(6-1)7-5-13-22(18)19-11-10-16-14-20-12-4-3-8-17(16)21-19/h1-2,6,9-11,20H,3-5,7-8,12-14H2. The van der Waals surface area contributed by atoms with E-state index in [2.05, 4.69) is 46.6 Å². The van der Waals surface area contributed by atoms with E-state index in [-0.39, 0.29) is 0 Å². The van der Waals surface area contributed by atoms with Crippen molar-refractivity contribution < 1.29 is 0 Å². The molecule has 3 nitrogen and oxygen atoms in total. The van der Waals surface area contributed by atoms with Gasteiger partial charge in [0.25, 0.3) is 0 Å². The number of benzene rings is 1. The summed E-state index contributed by atoms with van der Waals surface area (Å²) in [7, 11) is 0. The summed E-state index contributed by atoms with van der Waals surface area (Å²) in [6.07, 6.45) is 5.98. The van der Waals surface area contributed by atoms with Crippen LogP contribution < -0.4 is 10.2 Å². The summed E-state index contributed by atoms with van der Waals surface area (Å²) in [4.78, 5) is 7.42. The molecule has 0 spiro atoms. The molecule has 0 atom stereocenters. The van der Waals surface area contributed by atoms with Gasteiger partial charge in [0.1, 0.15) is 5.82 Å². The van der Waals surface area contributed by atoms with Gasteiger partial charge >= 0.3 is 0 Å². The lowest BCUT2D eigenvalue weighted by molar-refractivity contribution is 0.590. The topological polar surface area (TPSA) is 28.2 Å². The van der Waals surface area contributed by atoms with Crippen LogP contribution in [0.2, 0.25) is 0 Å². The Morgan fingerprint density at radius 2 is 1.86 bits per heavy atom. The largest absolute Gasteiger partial charge is 0.326 e. The molecule has 1 aromatic heterocycles. The third-order valence-electron chi connectivity index (χ3n) is 4.77. The van der Waals surface area contributed by atoms with Gasteiger partial charge in [0.15, 0.2) is 0 Å². The SMILES string of the molecule is c1ccc2c(c1)CCCN2c1ccc2c(n1)CCCCNC2. The molecule has 4 rings (SSSR count). The minimum Gasteiger partial charge on any atom is -0.326 e. The van der Waals surface area contributed by atoms with Crippen molar-refractivity contribution in [1.82, 2.24) is 10.3 Å². The summed E-state index contributed by atoms with van der Waals surface area (Å²) in [6, 6.07) is 13.2. The number of aryl methyl sites for hydroxylation is 2. The minimum atomic E-state index is 0.958. The number of pyridine rings is 1. The van der Waals surface area contributed by atoms with Crippen LogP contribution in [0.1, 0.15) is 36.1 Å². The van der Waals surface area contributed by atoms with E-state index >= 15 is 0 Å². The summed E-state index contributed by atoms with van der Waals surface area (Å²) in [5.41, 5.74) is 5.44. The molecule has 114 valence electrons. The van der Waals surface area contributed by atoms with E-state index in [1.165, 1.54) is 48.2 Å². The highest BCUT2D eigenvalue weighted by molar-refractivity contribution is 5.65. The Kier molecular flexibility index (Phi) is 3.81. The molecular formula is C19H23N3. The number of nitrogens with zero attached hydrogens (tertiary/aromatic N) is 2. The van der Waals surface area contributed by atoms with Crippen molar-refractivity contribution in [1.29, 1.82) is 0 Å². The van der Waals surface area contributed by atoms with Crippen molar-refractivity contribution in [2.24, 2.45) is 0 Å². The van der Waals surface area contributed by atoms with E-state index in [4.69, 9.17) is 4.98 Å². The van der Waals surface area contributed by atoms with Crippen molar-refractivity contribution in [2.45, 2.75) is 38.6 Å². The molecule has 0 radical (unpaired) electrons. The molecule has 2 aliphatic heterocycles. The molecule has 3 heteroatoms. The Bertz CT molecular complexity index is 665. The third-order valence-corrected chi connectivity index (χ3v) is 4.77. The van der Waals surface area contributed by atoms with Gasteiger partial charge in [-0.15, -0.1) is 0 Å². The highest BCUT2D eigenvalue weighted by atomic mass is 15.2. The zero-order chi connectivity index (χ0) is 14.8. The van der Waals surface area contributed by atoms with Gasteiger partial charge < -0.3 is 10.2 Å². The molecule has 22 heavy (non-hydrogen) atoms. The predicted molar refractivity (Wildman–Crippen MR) is 90.7 cm³/mol. The highest BCUT2D eigenvalue weighted by Crippen LogP contribution is 2.32. The molecule has 2 aromatic rings. The lowest BCUT2D eigenvalue weighted by Crippen LogP contribution is -2.26. The Balaban J connectivity index is 1.70. The average Bonchev–Trinajstić information content (AvgIpc) is 2.55. The summed E-state index contributed by atoms with van der Waals surface area (Å²) in [6.45, 7) is 3.15. The van der Waals surface area contributed by atoms with E-state index in [0.29, 0.717) is 0 Å². The van der Waals surface area contributed by atoms with E-state index in [1.54, 1.807) is 0 Å². The van der Waals surface area contributed by atoms with Crippen LogP contribution in [0.15, 0.2) is 36.4 Å². The van der Waals surface area contributed by atoms with E-state index in [1.807, 2.05) is 0 Å². The first kappa shape index (κ1) is 13.8. The van der Waals surface area contributed by atoms with E-state index in [0.717, 1.165) is 31.9 Å². The number of hydrogen-bond acceptors (Lipinski definition) is 3. The molecule has 3 heterocycles. The molecule has 0 saturated carbocycles. The predicted octanol–water partition coefficient (Wildman–Crippen LogP) is 3.59. The fourth-order valence-corrected chi connectivity index (χ4v) is 3.58. The fraction of sp³-hybridized carbons (Fsp3) is 0.421. The van der Waals surface area contributed by atoms with Crippen molar-refractivity contribution >= 4 is 11.5 Å². The number of fused-ring (bicyclic) bond motifs is 2. The maximum Gasteiger partial charge on any atom is 0.133 e. The summed E-state index contributed by atoms with van der Waals surface area (Å²) < 4.78 is 0. The van der Waals surface area contributed by atoms with Crippen LogP contribution in [0.25, 0.3) is 0 Å². The Labute approximate surface area is 132 Å². The molecule has 0 unspecified atom stereocenters. The van der Waals surface area contributed by atoms with Gasteiger partial charge in [0.05, 0.1) is 0 Å². The second-order valence-electron chi connectivity index (χ2n) is 6.29. The van der Waals surface area contributed by atoms with Crippen LogP contribution in [0.3, 0.4) is 0 Å². The fourth-order valence-electron chi connectivity index (χ4n) is 3.58. The molecule has 2 aliphatic rings. The molecular weight excluding hydrogens is 270 g/mol. The normalized spacial score (nSPS) is 18.1. The van der Waals surface area contributed by atoms with Gasteiger partial charge in [0, 0.05) is 24.5 Å². The van der Waals surface area contributed by atoms with Crippen LogP contribution in [-0.2, 0) is 19.4 Å². The first-order chi connectivity index (χ1) is 10.9. The minimum absolute atomic E-state index is 0.958. The van der Waals surface area contributed by atoms with E-state index in [9.17, 15) is 0 Å². The average molecular weight is 293 g/mol. The van der Waals surface area contributed by atoms with Crippen LogP contribution in [0, 0.1) is 0 Å². The molecule has 1 N–H and O–H groups in total. The molecule has 0 aliphatic carbocycles. The van der Waals surface area contributed by atoms with Gasteiger partial charge in [-0.3, -0.25) is 0 Å². The van der Waals surface area contributed by atoms with Crippen LogP contribution in [-0.4, -0.2) is 18.1 Å². The zero-order valence-electron chi connectivity index (χ0n) is 13.0. The van der Waals surface area contributed by atoms with Crippen molar-refractivity contribution in [3.8, 4) is 0 Å². The van der Waals surface area contributed by atoms with Crippen LogP contribution in [0.5, 0.6) is 0 Å². The number of nitrogens with one attached hydrogen (secondary N) is 1. The first-order valence-electron chi connectivity index (χ1n) is 8.47. The van der Waals surface area contributed by atoms with Gasteiger partial charge in [-0.25, -0.2) is 4.98 Å². The van der Waals surface area contributed by atoms with Gasteiger partial charge in [-0.1, -0.05) is 24.3 Å². The van der Waals surface area contributed by atoms with Crippen molar-refractivity contribution in [2.75, 3.05) is 18.0 Å². The Morgan fingerprint density at radius 1 is 0.909 bits per heavy atom. The quantitative estimate of drug-likeness (QED) is 0.871. The number of anilines is 2. The van der Waals surface area contributed by atoms with E-state index < -0.39 is 0 Å². The van der Waals surface area contributed by atoms with Crippen LogP contribution >= 0.6 is 0 Å². The molecule has 0 fully saturated rings. The van der Waals surface area contributed by atoms with Crippen molar-refractivity contribution in [3.63, 3.8) is 0 Å². The lowest BCUT2D eigenvalue weighted by Gasteiger charge is -2.31. The highest BCUT2D eigenvalue weighted by Gasteiger charge is 2.19. The monoisotopic (exact) mass is 293 g/mol. The van der Waals surface area contributed by atoms with Crippen molar-refractivity contribution in [3.05, 3.63) is 53.2 Å². The Hall–Kier alpha value is -1.87. The summed E-state index contributed by atoms with van der Waals surface area (Å²) in [5.74, 6) is 1.12. The second-order valence-corrected chi connectivity index (χ2v) is 6.29. The number of aromatic nitrogens is 1. The summed E-state index contributed by atoms with van der Waals surface area (Å²) >= 11 is 0. The maximum atomic E-state index is 5.02. The summed E-state index contributed by atoms with van der Waals surface area (Å²) in [5, 5.41) is 3.50. The maximum absolute atomic E-state index is 5.02. The molecule has 0 bridgehead atoms.